The highest BCUT2D eigenvalue weighted by Gasteiger charge is 2.18. The second-order valence-electron chi connectivity index (χ2n) is 5.98. The Balaban J connectivity index is 1.84. The number of carbonyl (C=O) groups is 3. The zero-order valence-corrected chi connectivity index (χ0v) is 16.4. The fourth-order valence-electron chi connectivity index (χ4n) is 2.47. The van der Waals surface area contributed by atoms with Crippen molar-refractivity contribution in [3.8, 4) is 0 Å². The summed E-state index contributed by atoms with van der Waals surface area (Å²) in [7, 11) is 0. The van der Waals surface area contributed by atoms with Crippen molar-refractivity contribution < 1.29 is 27.9 Å². The monoisotopic (exact) mass is 422 g/mol. The third-order valence-electron chi connectivity index (χ3n) is 3.68. The second kappa shape index (κ2) is 11.2. The molecule has 0 spiro atoms. The average molecular weight is 422 g/mol. The molecular weight excluding hydrogens is 402 g/mol. The summed E-state index contributed by atoms with van der Waals surface area (Å²) in [6, 6.07) is 14.2. The van der Waals surface area contributed by atoms with E-state index in [-0.39, 0.29) is 12.3 Å². The van der Waals surface area contributed by atoms with E-state index in [0.717, 1.165) is 5.56 Å². The van der Waals surface area contributed by atoms with E-state index in [1.807, 2.05) is 6.07 Å². The van der Waals surface area contributed by atoms with Gasteiger partial charge in [0, 0.05) is 17.5 Å². The molecule has 0 heterocycles. The number of nitrogens with one attached hydrogen (secondary N) is 2. The highest BCUT2D eigenvalue weighted by molar-refractivity contribution is 7.99. The van der Waals surface area contributed by atoms with E-state index in [1.165, 1.54) is 31.2 Å². The van der Waals surface area contributed by atoms with E-state index in [4.69, 9.17) is 4.74 Å². The predicted octanol–water partition coefficient (Wildman–Crippen LogP) is 3.75. The summed E-state index contributed by atoms with van der Waals surface area (Å²) in [6.07, 6.45) is -0.129. The van der Waals surface area contributed by atoms with Gasteiger partial charge in [-0.05, 0) is 29.8 Å². The van der Waals surface area contributed by atoms with Crippen LogP contribution in [0.5, 0.6) is 0 Å². The van der Waals surface area contributed by atoms with Gasteiger partial charge in [-0.15, -0.1) is 0 Å². The van der Waals surface area contributed by atoms with Gasteiger partial charge >= 0.3 is 5.97 Å². The molecule has 0 aliphatic rings. The first-order valence-electron chi connectivity index (χ1n) is 8.66. The van der Waals surface area contributed by atoms with Crippen molar-refractivity contribution in [1.82, 2.24) is 5.32 Å². The molecule has 1 atom stereocenters. The molecule has 9 heteroatoms. The van der Waals surface area contributed by atoms with Crippen LogP contribution in [0.2, 0.25) is 0 Å². The smallest absolute Gasteiger partial charge is 0.308 e. The summed E-state index contributed by atoms with van der Waals surface area (Å²) in [5.74, 6) is -4.03. The maximum atomic E-state index is 12.3. The van der Waals surface area contributed by atoms with Gasteiger partial charge < -0.3 is 15.4 Å². The summed E-state index contributed by atoms with van der Waals surface area (Å²) in [5.41, 5.74) is 1.14. The van der Waals surface area contributed by atoms with Crippen LogP contribution in [0.4, 0.5) is 14.5 Å². The zero-order valence-electron chi connectivity index (χ0n) is 15.6. The van der Waals surface area contributed by atoms with Crippen molar-refractivity contribution in [2.45, 2.75) is 30.0 Å². The third kappa shape index (κ3) is 8.30. The number of alkyl halides is 2. The normalized spacial score (nSPS) is 11.6. The molecule has 2 rings (SSSR count). The number of rotatable bonds is 9. The molecule has 2 aromatic rings. The SMILES string of the molecule is CC(=O)N[C@H](CC(=O)OCC(=O)Nc1ccc(SC(F)F)cc1)c1ccccc1. The van der Waals surface area contributed by atoms with Crippen molar-refractivity contribution in [2.24, 2.45) is 0 Å². The van der Waals surface area contributed by atoms with Gasteiger partial charge in [0.15, 0.2) is 6.61 Å². The van der Waals surface area contributed by atoms with Crippen LogP contribution in [0.1, 0.15) is 24.9 Å². The maximum absolute atomic E-state index is 12.3. The first-order valence-corrected chi connectivity index (χ1v) is 9.54. The minimum absolute atomic E-state index is 0.129. The van der Waals surface area contributed by atoms with Crippen molar-refractivity contribution in [2.75, 3.05) is 11.9 Å². The van der Waals surface area contributed by atoms with Gasteiger partial charge in [0.2, 0.25) is 5.91 Å². The standard InChI is InChI=1S/C20H20F2N2O4S/c1-13(25)23-17(14-5-3-2-4-6-14)11-19(27)28-12-18(26)24-15-7-9-16(10-8-15)29-20(21)22/h2-10,17,20H,11-12H2,1H3,(H,23,25)(H,24,26)/t17-/m1/s1. The molecule has 0 fully saturated rings. The fraction of sp³-hybridized carbons (Fsp3) is 0.250. The second-order valence-corrected chi connectivity index (χ2v) is 7.04. The molecule has 0 radical (unpaired) electrons. The van der Waals surface area contributed by atoms with Gasteiger partial charge in [0.25, 0.3) is 11.7 Å². The minimum atomic E-state index is -2.52. The van der Waals surface area contributed by atoms with Crippen LogP contribution in [-0.4, -0.2) is 30.1 Å². The number of thioether (sulfide) groups is 1. The molecule has 2 amide bonds. The molecule has 0 unspecified atom stereocenters. The van der Waals surface area contributed by atoms with E-state index in [9.17, 15) is 23.2 Å². The maximum Gasteiger partial charge on any atom is 0.308 e. The Morgan fingerprint density at radius 1 is 1.03 bits per heavy atom. The summed E-state index contributed by atoms with van der Waals surface area (Å²) in [4.78, 5) is 35.8. The number of hydrogen-bond donors (Lipinski definition) is 2. The predicted molar refractivity (Wildman–Crippen MR) is 106 cm³/mol. The number of halogens is 2. The molecule has 0 saturated heterocycles. The van der Waals surface area contributed by atoms with E-state index in [2.05, 4.69) is 10.6 Å². The average Bonchev–Trinajstić information content (AvgIpc) is 2.67. The molecule has 0 bridgehead atoms. The van der Waals surface area contributed by atoms with Crippen LogP contribution >= 0.6 is 11.8 Å². The molecule has 29 heavy (non-hydrogen) atoms. The number of ether oxygens (including phenoxy) is 1. The van der Waals surface area contributed by atoms with Gasteiger partial charge in [-0.2, -0.15) is 8.78 Å². The Kier molecular flexibility index (Phi) is 8.60. The Morgan fingerprint density at radius 3 is 2.28 bits per heavy atom. The first-order chi connectivity index (χ1) is 13.8. The quantitative estimate of drug-likeness (QED) is 0.475. The van der Waals surface area contributed by atoms with Gasteiger partial charge in [-0.1, -0.05) is 42.1 Å². The van der Waals surface area contributed by atoms with Crippen molar-refractivity contribution in [1.29, 1.82) is 0 Å². The molecule has 2 N–H and O–H groups in total. The number of anilines is 1. The highest BCUT2D eigenvalue weighted by atomic mass is 32.2. The molecule has 154 valence electrons. The van der Waals surface area contributed by atoms with Crippen LogP contribution in [0, 0.1) is 0 Å². The Bertz CT molecular complexity index is 832. The molecule has 0 aliphatic carbocycles. The van der Waals surface area contributed by atoms with Crippen LogP contribution in [-0.2, 0) is 19.1 Å². The van der Waals surface area contributed by atoms with Crippen molar-refractivity contribution in [3.05, 3.63) is 60.2 Å². The first kappa shape index (κ1) is 22.4. The van der Waals surface area contributed by atoms with Gasteiger partial charge in [-0.3, -0.25) is 14.4 Å². The lowest BCUT2D eigenvalue weighted by Gasteiger charge is -2.17. The molecular formula is C20H20F2N2O4S. The van der Waals surface area contributed by atoms with Gasteiger partial charge in [0.1, 0.15) is 0 Å². The molecule has 2 aromatic carbocycles. The lowest BCUT2D eigenvalue weighted by Crippen LogP contribution is -2.29. The molecule has 0 saturated carbocycles. The fourth-order valence-corrected chi connectivity index (χ4v) is 2.97. The van der Waals surface area contributed by atoms with Crippen molar-refractivity contribution >= 4 is 35.2 Å². The van der Waals surface area contributed by atoms with Crippen molar-refractivity contribution in [3.63, 3.8) is 0 Å². The Hall–Kier alpha value is -2.94. The summed E-state index contributed by atoms with van der Waals surface area (Å²) in [5, 5.41) is 5.19. The summed E-state index contributed by atoms with van der Waals surface area (Å²) >= 11 is 0.403. The largest absolute Gasteiger partial charge is 0.455 e. The Morgan fingerprint density at radius 2 is 1.69 bits per heavy atom. The topological polar surface area (TPSA) is 84.5 Å². The van der Waals surface area contributed by atoms with Crippen LogP contribution in [0.3, 0.4) is 0 Å². The van der Waals surface area contributed by atoms with E-state index in [0.29, 0.717) is 22.3 Å². The number of benzene rings is 2. The third-order valence-corrected chi connectivity index (χ3v) is 4.40. The van der Waals surface area contributed by atoms with Gasteiger partial charge in [-0.25, -0.2) is 0 Å². The summed E-state index contributed by atoms with van der Waals surface area (Å²) in [6.45, 7) is 0.841. The lowest BCUT2D eigenvalue weighted by atomic mass is 10.0. The molecule has 0 aromatic heterocycles. The number of amides is 2. The number of hydrogen-bond acceptors (Lipinski definition) is 5. The highest BCUT2D eigenvalue weighted by Crippen LogP contribution is 2.26. The Labute approximate surface area is 171 Å². The minimum Gasteiger partial charge on any atom is -0.455 e. The molecule has 6 nitrogen and oxygen atoms in total. The zero-order chi connectivity index (χ0) is 21.2. The number of carbonyl (C=O) groups excluding carboxylic acids is 3. The summed E-state index contributed by atoms with van der Waals surface area (Å²) < 4.78 is 29.6. The van der Waals surface area contributed by atoms with Crippen LogP contribution in [0.15, 0.2) is 59.5 Å². The van der Waals surface area contributed by atoms with Gasteiger partial charge in [0.05, 0.1) is 12.5 Å². The van der Waals surface area contributed by atoms with E-state index in [1.54, 1.807) is 24.3 Å². The number of esters is 1. The van der Waals surface area contributed by atoms with Crippen LogP contribution < -0.4 is 10.6 Å². The molecule has 0 aliphatic heterocycles. The van der Waals surface area contributed by atoms with E-state index < -0.39 is 30.3 Å². The lowest BCUT2D eigenvalue weighted by molar-refractivity contribution is -0.148. The van der Waals surface area contributed by atoms with Crippen LogP contribution in [0.25, 0.3) is 0 Å². The van der Waals surface area contributed by atoms with E-state index >= 15 is 0 Å².